The van der Waals surface area contributed by atoms with Gasteiger partial charge >= 0.3 is 4.87 Å². The average molecular weight is 378 g/mol. The number of thiazole rings is 1. The zero-order valence-electron chi connectivity index (χ0n) is 13.1. The molecule has 7 heteroatoms. The first-order chi connectivity index (χ1) is 12.0. The van der Waals surface area contributed by atoms with E-state index in [1.54, 1.807) is 30.3 Å². The molecule has 1 aromatic heterocycles. The second kappa shape index (κ2) is 7.74. The summed E-state index contributed by atoms with van der Waals surface area (Å²) in [6.45, 7) is 0.0866. The molecule has 0 aliphatic rings. The van der Waals surface area contributed by atoms with Crippen molar-refractivity contribution in [3.05, 3.63) is 79.2 Å². The summed E-state index contributed by atoms with van der Waals surface area (Å²) in [5.74, 6) is 0.527. The van der Waals surface area contributed by atoms with Crippen LogP contribution in [-0.4, -0.2) is 21.8 Å². The van der Waals surface area contributed by atoms with Crippen LogP contribution in [0.5, 0.6) is 11.6 Å². The second-order valence-electron chi connectivity index (χ2n) is 5.46. The second-order valence-corrected chi connectivity index (χ2v) is 6.93. The van der Waals surface area contributed by atoms with Gasteiger partial charge in [0.2, 0.25) is 5.88 Å². The minimum absolute atomic E-state index is 0.0850. The van der Waals surface area contributed by atoms with Crippen molar-refractivity contribution in [1.29, 1.82) is 0 Å². The van der Waals surface area contributed by atoms with Crippen LogP contribution < -0.4 is 9.61 Å². The number of aromatic hydroxyl groups is 1. The van der Waals surface area contributed by atoms with Crippen molar-refractivity contribution in [2.75, 3.05) is 6.61 Å². The molecule has 0 saturated heterocycles. The number of rotatable bonds is 6. The van der Waals surface area contributed by atoms with Gasteiger partial charge in [0.15, 0.2) is 0 Å². The Hall–Kier alpha value is -2.28. The quantitative estimate of drug-likeness (QED) is 0.614. The number of H-pyrrole nitrogens is 1. The van der Waals surface area contributed by atoms with E-state index >= 15 is 0 Å². The van der Waals surface area contributed by atoms with E-state index in [4.69, 9.17) is 16.3 Å². The Morgan fingerprint density at radius 2 is 1.88 bits per heavy atom. The number of benzene rings is 2. The summed E-state index contributed by atoms with van der Waals surface area (Å²) in [4.78, 5) is 13.9. The van der Waals surface area contributed by atoms with Crippen LogP contribution in [0, 0.1) is 0 Å². The lowest BCUT2D eigenvalue weighted by atomic mass is 10.1. The maximum Gasteiger partial charge on any atom is 0.307 e. The predicted molar refractivity (Wildman–Crippen MR) is 97.8 cm³/mol. The van der Waals surface area contributed by atoms with E-state index in [1.807, 2.05) is 18.2 Å². The highest BCUT2D eigenvalue weighted by atomic mass is 35.5. The van der Waals surface area contributed by atoms with Crippen LogP contribution in [0.4, 0.5) is 0 Å². The molecule has 1 atom stereocenters. The van der Waals surface area contributed by atoms with E-state index in [0.717, 1.165) is 16.9 Å². The van der Waals surface area contributed by atoms with Crippen molar-refractivity contribution >= 4 is 22.9 Å². The highest BCUT2D eigenvalue weighted by Crippen LogP contribution is 2.25. The third-order valence-corrected chi connectivity index (χ3v) is 4.88. The van der Waals surface area contributed by atoms with Crippen LogP contribution in [0.3, 0.4) is 0 Å². The molecule has 5 nitrogen and oxygen atoms in total. The van der Waals surface area contributed by atoms with Crippen molar-refractivity contribution in [2.45, 2.75) is 12.5 Å². The Kier molecular flexibility index (Phi) is 5.43. The maximum atomic E-state index is 11.2. The first-order valence-electron chi connectivity index (χ1n) is 7.58. The molecule has 25 heavy (non-hydrogen) atoms. The van der Waals surface area contributed by atoms with Crippen LogP contribution >= 0.6 is 22.9 Å². The van der Waals surface area contributed by atoms with Gasteiger partial charge in [0.1, 0.15) is 18.5 Å². The Balaban J connectivity index is 1.60. The van der Waals surface area contributed by atoms with Crippen molar-refractivity contribution in [1.82, 2.24) is 4.98 Å². The summed E-state index contributed by atoms with van der Waals surface area (Å²) in [6.07, 6.45) is -0.361. The summed E-state index contributed by atoms with van der Waals surface area (Å²) < 4.78 is 5.60. The number of aliphatic hydroxyl groups is 1. The molecule has 0 saturated carbocycles. The fraction of sp³-hybridized carbons (Fsp3) is 0.167. The molecule has 0 aliphatic carbocycles. The topological polar surface area (TPSA) is 82.6 Å². The van der Waals surface area contributed by atoms with Crippen LogP contribution in [-0.2, 0) is 6.42 Å². The average Bonchev–Trinajstić information content (AvgIpc) is 2.91. The summed E-state index contributed by atoms with van der Waals surface area (Å²) in [5, 5.41) is 20.3. The number of aromatic nitrogens is 1. The van der Waals surface area contributed by atoms with E-state index in [1.165, 1.54) is 0 Å². The molecule has 0 bridgehead atoms. The minimum Gasteiger partial charge on any atom is -0.494 e. The van der Waals surface area contributed by atoms with Crippen LogP contribution in [0.25, 0.3) is 0 Å². The SMILES string of the molecule is O=c1[nH]c(O)c(Cc2ccc(OCC(O)c3ccccc3Cl)cc2)s1. The van der Waals surface area contributed by atoms with Crippen LogP contribution in [0.2, 0.25) is 5.02 Å². The minimum atomic E-state index is -0.817. The summed E-state index contributed by atoms with van der Waals surface area (Å²) in [5.41, 5.74) is 1.56. The van der Waals surface area contributed by atoms with Gasteiger partial charge in [-0.1, -0.05) is 53.3 Å². The zero-order chi connectivity index (χ0) is 17.8. The fourth-order valence-electron chi connectivity index (χ4n) is 2.37. The molecule has 2 aromatic carbocycles. The van der Waals surface area contributed by atoms with E-state index in [2.05, 4.69) is 4.98 Å². The number of nitrogens with one attached hydrogen (secondary N) is 1. The number of hydrogen-bond acceptors (Lipinski definition) is 5. The molecule has 1 heterocycles. The number of hydrogen-bond donors (Lipinski definition) is 3. The molecular formula is C18H16ClNO4S. The molecule has 0 radical (unpaired) electrons. The molecule has 1 unspecified atom stereocenters. The molecule has 0 aliphatic heterocycles. The Morgan fingerprint density at radius 3 is 2.52 bits per heavy atom. The highest BCUT2D eigenvalue weighted by Gasteiger charge is 2.12. The normalized spacial score (nSPS) is 12.1. The first kappa shape index (κ1) is 17.5. The number of halogens is 1. The largest absolute Gasteiger partial charge is 0.494 e. The van der Waals surface area contributed by atoms with Gasteiger partial charge in [-0.2, -0.15) is 0 Å². The lowest BCUT2D eigenvalue weighted by Gasteiger charge is -2.14. The smallest absolute Gasteiger partial charge is 0.307 e. The molecule has 3 rings (SSSR count). The number of ether oxygens (including phenoxy) is 1. The van der Waals surface area contributed by atoms with Gasteiger partial charge in [0.25, 0.3) is 0 Å². The first-order valence-corrected chi connectivity index (χ1v) is 8.77. The Morgan fingerprint density at radius 1 is 1.16 bits per heavy atom. The third-order valence-electron chi connectivity index (χ3n) is 3.66. The van der Waals surface area contributed by atoms with Gasteiger partial charge < -0.3 is 14.9 Å². The summed E-state index contributed by atoms with van der Waals surface area (Å²) in [7, 11) is 0. The van der Waals surface area contributed by atoms with Crippen molar-refractivity contribution in [3.63, 3.8) is 0 Å². The van der Waals surface area contributed by atoms with Crippen molar-refractivity contribution in [3.8, 4) is 11.6 Å². The molecule has 130 valence electrons. The lowest BCUT2D eigenvalue weighted by Crippen LogP contribution is -2.10. The van der Waals surface area contributed by atoms with Gasteiger partial charge in [-0.3, -0.25) is 9.78 Å². The van der Waals surface area contributed by atoms with E-state index in [0.29, 0.717) is 27.6 Å². The van der Waals surface area contributed by atoms with Gasteiger partial charge in [0.05, 0.1) is 4.88 Å². The Bertz CT molecular complexity index is 904. The molecule has 0 spiro atoms. The number of aliphatic hydroxyl groups excluding tert-OH is 1. The molecule has 0 amide bonds. The summed E-state index contributed by atoms with van der Waals surface area (Å²) in [6, 6.07) is 14.3. The monoisotopic (exact) mass is 377 g/mol. The zero-order valence-corrected chi connectivity index (χ0v) is 14.7. The van der Waals surface area contributed by atoms with Crippen LogP contribution in [0.15, 0.2) is 53.3 Å². The van der Waals surface area contributed by atoms with Gasteiger partial charge in [-0.05, 0) is 23.8 Å². The predicted octanol–water partition coefficient (Wildman–Crippen LogP) is 3.50. The highest BCUT2D eigenvalue weighted by molar-refractivity contribution is 7.09. The molecular weight excluding hydrogens is 362 g/mol. The standard InChI is InChI=1S/C18H16ClNO4S/c19-14-4-2-1-3-13(14)15(21)10-24-12-7-5-11(6-8-12)9-16-17(22)20-18(23)25-16/h1-8,15,21-22H,9-10H2,(H,20,23). The lowest BCUT2D eigenvalue weighted by molar-refractivity contribution is 0.108. The van der Waals surface area contributed by atoms with Crippen LogP contribution in [0.1, 0.15) is 22.1 Å². The van der Waals surface area contributed by atoms with Gasteiger partial charge in [-0.25, -0.2) is 0 Å². The summed E-state index contributed by atoms with van der Waals surface area (Å²) >= 11 is 7.04. The molecule has 3 N–H and O–H groups in total. The van der Waals surface area contributed by atoms with E-state index in [9.17, 15) is 15.0 Å². The van der Waals surface area contributed by atoms with E-state index < -0.39 is 6.10 Å². The van der Waals surface area contributed by atoms with Crippen molar-refractivity contribution < 1.29 is 14.9 Å². The van der Waals surface area contributed by atoms with Crippen molar-refractivity contribution in [2.24, 2.45) is 0 Å². The molecule has 0 fully saturated rings. The number of aromatic amines is 1. The Labute approximate surface area is 153 Å². The molecule has 3 aromatic rings. The maximum absolute atomic E-state index is 11.2. The fourth-order valence-corrected chi connectivity index (χ4v) is 3.39. The van der Waals surface area contributed by atoms with E-state index in [-0.39, 0.29) is 17.4 Å². The van der Waals surface area contributed by atoms with Gasteiger partial charge in [0, 0.05) is 17.0 Å². The van der Waals surface area contributed by atoms with Gasteiger partial charge in [-0.15, -0.1) is 0 Å². The third kappa shape index (κ3) is 4.42.